The summed E-state index contributed by atoms with van der Waals surface area (Å²) in [6, 6.07) is 6.72. The molecule has 2 amide bonds. The normalized spacial score (nSPS) is 14.3. The van der Waals surface area contributed by atoms with Crippen molar-refractivity contribution in [1.82, 2.24) is 10.6 Å². The second-order valence-electron chi connectivity index (χ2n) is 7.32. The lowest BCUT2D eigenvalue weighted by molar-refractivity contribution is -0.149. The van der Waals surface area contributed by atoms with Crippen LogP contribution in [0.25, 0.3) is 0 Å². The van der Waals surface area contributed by atoms with Crippen LogP contribution in [0.15, 0.2) is 29.2 Å². The molecule has 0 fully saturated rings. The monoisotopic (exact) mass is 472 g/mol. The fourth-order valence-electron chi connectivity index (χ4n) is 3.19. The summed E-state index contributed by atoms with van der Waals surface area (Å²) in [5.74, 6) is -3.84. The molecule has 1 aromatic rings. The molecule has 3 N–H and O–H groups in total. The van der Waals surface area contributed by atoms with E-state index in [1.165, 1.54) is 25.7 Å². The summed E-state index contributed by atoms with van der Waals surface area (Å²) in [6.45, 7) is 5.34. The number of aryl methyl sites for hydroxylation is 1. The van der Waals surface area contributed by atoms with Crippen molar-refractivity contribution in [3.63, 3.8) is 0 Å². The average Bonchev–Trinajstić information content (AvgIpc) is 2.73. The van der Waals surface area contributed by atoms with Crippen LogP contribution in [-0.4, -0.2) is 62.2 Å². The molecule has 3 unspecified atom stereocenters. The number of aliphatic carboxylic acids is 1. The Morgan fingerprint density at radius 3 is 2.23 bits per heavy atom. The molecule has 10 heteroatoms. The van der Waals surface area contributed by atoms with E-state index in [1.807, 2.05) is 6.92 Å². The Hall–Kier alpha value is -2.07. The Kier molecular flexibility index (Phi) is 11.1. The quantitative estimate of drug-likeness (QED) is 0.373. The second kappa shape index (κ2) is 12.7. The first kappa shape index (κ1) is 27.0. The molecule has 3 atom stereocenters. The van der Waals surface area contributed by atoms with Gasteiger partial charge in [-0.05, 0) is 25.5 Å². The third kappa shape index (κ3) is 8.17. The van der Waals surface area contributed by atoms with Gasteiger partial charge in [-0.15, -0.1) is 0 Å². The molecule has 1 aromatic carbocycles. The third-order valence-electron chi connectivity index (χ3n) is 5.11. The lowest BCUT2D eigenvalue weighted by atomic mass is 9.79. The van der Waals surface area contributed by atoms with E-state index >= 15 is 0 Å². The fourth-order valence-corrected chi connectivity index (χ4v) is 5.78. The van der Waals surface area contributed by atoms with Crippen LogP contribution in [0.4, 0.5) is 0 Å². The van der Waals surface area contributed by atoms with E-state index in [9.17, 15) is 27.9 Å². The Morgan fingerprint density at radius 1 is 1.10 bits per heavy atom. The minimum atomic E-state index is -3.35. The minimum Gasteiger partial charge on any atom is -0.481 e. The van der Waals surface area contributed by atoms with Gasteiger partial charge < -0.3 is 15.7 Å². The van der Waals surface area contributed by atoms with Crippen molar-refractivity contribution in [2.24, 2.45) is 17.8 Å². The van der Waals surface area contributed by atoms with Gasteiger partial charge in [-0.1, -0.05) is 31.5 Å². The number of sulfone groups is 1. The van der Waals surface area contributed by atoms with E-state index in [-0.39, 0.29) is 11.7 Å². The molecule has 0 saturated heterocycles. The van der Waals surface area contributed by atoms with Crippen LogP contribution >= 0.6 is 11.8 Å². The molecule has 0 aliphatic carbocycles. The van der Waals surface area contributed by atoms with Gasteiger partial charge in [0.15, 0.2) is 9.84 Å². The van der Waals surface area contributed by atoms with Crippen LogP contribution in [0.1, 0.15) is 25.8 Å². The smallest absolute Gasteiger partial charge is 0.307 e. The van der Waals surface area contributed by atoms with Gasteiger partial charge in [-0.2, -0.15) is 11.8 Å². The van der Waals surface area contributed by atoms with E-state index in [1.54, 1.807) is 31.2 Å². The first-order valence-electron chi connectivity index (χ1n) is 10.1. The molecule has 1 rings (SSSR count). The van der Waals surface area contributed by atoms with Crippen LogP contribution in [-0.2, 0) is 24.2 Å². The predicted octanol–water partition coefficient (Wildman–Crippen LogP) is 1.73. The molecule has 0 heterocycles. The van der Waals surface area contributed by atoms with Crippen LogP contribution in [0.3, 0.4) is 0 Å². The number of carbonyl (C=O) groups excluding carboxylic acids is 2. The molecule has 31 heavy (non-hydrogen) atoms. The molecule has 0 aliphatic heterocycles. The van der Waals surface area contributed by atoms with Crippen LogP contribution in [0.5, 0.6) is 0 Å². The van der Waals surface area contributed by atoms with Gasteiger partial charge in [0.05, 0.1) is 28.4 Å². The number of nitrogens with one attached hydrogen (secondary N) is 2. The highest BCUT2D eigenvalue weighted by Crippen LogP contribution is 2.25. The number of hydrogen-bond acceptors (Lipinski definition) is 6. The van der Waals surface area contributed by atoms with Crippen LogP contribution in [0, 0.1) is 24.7 Å². The van der Waals surface area contributed by atoms with Gasteiger partial charge in [0, 0.05) is 25.1 Å². The van der Waals surface area contributed by atoms with Crippen molar-refractivity contribution >= 4 is 39.4 Å². The summed E-state index contributed by atoms with van der Waals surface area (Å²) in [4.78, 5) is 36.4. The van der Waals surface area contributed by atoms with E-state index < -0.39 is 39.5 Å². The van der Waals surface area contributed by atoms with Crippen molar-refractivity contribution in [1.29, 1.82) is 0 Å². The van der Waals surface area contributed by atoms with Crippen LogP contribution < -0.4 is 10.6 Å². The summed E-state index contributed by atoms with van der Waals surface area (Å²) < 4.78 is 24.7. The van der Waals surface area contributed by atoms with Crippen molar-refractivity contribution in [3.05, 3.63) is 29.8 Å². The molecule has 174 valence electrons. The van der Waals surface area contributed by atoms with E-state index in [0.29, 0.717) is 29.4 Å². The number of hydrogen-bond donors (Lipinski definition) is 3. The van der Waals surface area contributed by atoms with Crippen molar-refractivity contribution in [2.75, 3.05) is 30.9 Å². The highest BCUT2D eigenvalue weighted by molar-refractivity contribution is 8.00. The molecule has 0 spiro atoms. The van der Waals surface area contributed by atoms with E-state index in [2.05, 4.69) is 10.6 Å². The van der Waals surface area contributed by atoms with Gasteiger partial charge in [0.2, 0.25) is 11.8 Å². The van der Waals surface area contributed by atoms with Crippen molar-refractivity contribution in [3.8, 4) is 0 Å². The van der Waals surface area contributed by atoms with E-state index in [4.69, 9.17) is 0 Å². The first-order valence-corrected chi connectivity index (χ1v) is 12.9. The number of amides is 2. The van der Waals surface area contributed by atoms with Gasteiger partial charge in [0.1, 0.15) is 0 Å². The Morgan fingerprint density at radius 2 is 1.71 bits per heavy atom. The van der Waals surface area contributed by atoms with Gasteiger partial charge in [-0.25, -0.2) is 8.42 Å². The van der Waals surface area contributed by atoms with Crippen LogP contribution in [0.2, 0.25) is 0 Å². The summed E-state index contributed by atoms with van der Waals surface area (Å²) in [5.41, 5.74) is 0.992. The zero-order valence-corrected chi connectivity index (χ0v) is 20.0. The maximum absolute atomic E-state index is 12.6. The maximum Gasteiger partial charge on any atom is 0.307 e. The largest absolute Gasteiger partial charge is 0.481 e. The standard InChI is InChI=1S/C21H32N2O6S2/c1-5-17(18(20(25)22-4)15(3)21(26)27)19(24)23-10-11-30-12-13-31(28,29)16-8-6-14(2)7-9-16/h6-9,15,17-18H,5,10-13H2,1-4H3,(H,22,25)(H,23,24)(H,26,27). The number of carbonyl (C=O) groups is 3. The summed E-state index contributed by atoms with van der Waals surface area (Å²) in [6.07, 6.45) is 0.323. The highest BCUT2D eigenvalue weighted by Gasteiger charge is 2.39. The minimum absolute atomic E-state index is 0.00112. The highest BCUT2D eigenvalue weighted by atomic mass is 32.2. The Labute approximate surface area is 188 Å². The number of benzene rings is 1. The number of carboxylic acids is 1. The first-order chi connectivity index (χ1) is 14.5. The van der Waals surface area contributed by atoms with E-state index in [0.717, 1.165) is 5.56 Å². The third-order valence-corrected chi connectivity index (χ3v) is 8.09. The maximum atomic E-state index is 12.6. The van der Waals surface area contributed by atoms with Gasteiger partial charge in [-0.3, -0.25) is 14.4 Å². The number of rotatable bonds is 13. The molecular formula is C21H32N2O6S2. The van der Waals surface area contributed by atoms with Crippen molar-refractivity contribution < 1.29 is 27.9 Å². The summed E-state index contributed by atoms with van der Waals surface area (Å²) >= 11 is 1.40. The number of thioether (sulfide) groups is 1. The molecular weight excluding hydrogens is 440 g/mol. The molecule has 0 aliphatic rings. The van der Waals surface area contributed by atoms with Gasteiger partial charge in [0.25, 0.3) is 0 Å². The lowest BCUT2D eigenvalue weighted by Gasteiger charge is -2.27. The summed E-state index contributed by atoms with van der Waals surface area (Å²) in [7, 11) is -1.94. The van der Waals surface area contributed by atoms with Crippen molar-refractivity contribution in [2.45, 2.75) is 32.1 Å². The SMILES string of the molecule is CCC(C(=O)NCCSCCS(=O)(=O)c1ccc(C)cc1)C(C(=O)NC)C(C)C(=O)O. The zero-order valence-electron chi connectivity index (χ0n) is 18.4. The fraction of sp³-hybridized carbons (Fsp3) is 0.571. The average molecular weight is 473 g/mol. The number of carboxylic acid groups (broad SMARTS) is 1. The van der Waals surface area contributed by atoms with Gasteiger partial charge >= 0.3 is 5.97 Å². The topological polar surface area (TPSA) is 130 Å². The molecule has 0 radical (unpaired) electrons. The lowest BCUT2D eigenvalue weighted by Crippen LogP contribution is -2.46. The summed E-state index contributed by atoms with van der Waals surface area (Å²) in [5, 5.41) is 14.5. The second-order valence-corrected chi connectivity index (χ2v) is 10.7. The predicted molar refractivity (Wildman–Crippen MR) is 122 cm³/mol. The zero-order chi connectivity index (χ0) is 23.6. The molecule has 0 bridgehead atoms. The molecule has 0 saturated carbocycles. The molecule has 0 aromatic heterocycles. The Bertz CT molecular complexity index is 855. The Balaban J connectivity index is 2.53. The molecule has 8 nitrogen and oxygen atoms in total.